The van der Waals surface area contributed by atoms with Gasteiger partial charge in [-0.1, -0.05) is 25.1 Å². The SMILES string of the molecule is CCCOc1ccc2c(c1)CCN(C(=O)NCc1ccc(C(=O)O)cc1)C2. The molecule has 2 aromatic carbocycles. The molecule has 2 amide bonds. The maximum Gasteiger partial charge on any atom is 0.335 e. The fourth-order valence-electron chi connectivity index (χ4n) is 3.07. The molecule has 2 N–H and O–H groups in total. The van der Waals surface area contributed by atoms with Gasteiger partial charge in [-0.2, -0.15) is 0 Å². The molecule has 1 aliphatic heterocycles. The van der Waals surface area contributed by atoms with Crippen LogP contribution in [0.2, 0.25) is 0 Å². The summed E-state index contributed by atoms with van der Waals surface area (Å²) in [6, 6.07) is 12.5. The maximum absolute atomic E-state index is 12.5. The lowest BCUT2D eigenvalue weighted by molar-refractivity contribution is 0.0697. The van der Waals surface area contributed by atoms with Gasteiger partial charge in [-0.05, 0) is 53.8 Å². The van der Waals surface area contributed by atoms with E-state index in [2.05, 4.69) is 18.3 Å². The van der Waals surface area contributed by atoms with Crippen molar-refractivity contribution in [1.82, 2.24) is 10.2 Å². The number of amides is 2. The zero-order valence-electron chi connectivity index (χ0n) is 15.4. The average Bonchev–Trinajstić information content (AvgIpc) is 2.70. The molecule has 6 nitrogen and oxygen atoms in total. The van der Waals surface area contributed by atoms with E-state index in [9.17, 15) is 9.59 Å². The van der Waals surface area contributed by atoms with Gasteiger partial charge in [0.15, 0.2) is 0 Å². The first-order chi connectivity index (χ1) is 13.1. The number of carbonyl (C=O) groups is 2. The van der Waals surface area contributed by atoms with Crippen LogP contribution in [0.4, 0.5) is 4.79 Å². The van der Waals surface area contributed by atoms with Crippen LogP contribution >= 0.6 is 0 Å². The van der Waals surface area contributed by atoms with Gasteiger partial charge in [0.25, 0.3) is 0 Å². The molecule has 0 saturated heterocycles. The summed E-state index contributed by atoms with van der Waals surface area (Å²) in [4.78, 5) is 25.1. The molecule has 0 saturated carbocycles. The maximum atomic E-state index is 12.5. The molecule has 2 aromatic rings. The van der Waals surface area contributed by atoms with Crippen LogP contribution in [-0.2, 0) is 19.5 Å². The fourth-order valence-corrected chi connectivity index (χ4v) is 3.07. The lowest BCUT2D eigenvalue weighted by Crippen LogP contribution is -2.42. The molecule has 0 radical (unpaired) electrons. The van der Waals surface area contributed by atoms with Crippen LogP contribution in [0.5, 0.6) is 5.75 Å². The summed E-state index contributed by atoms with van der Waals surface area (Å²) in [6.45, 7) is 4.39. The van der Waals surface area contributed by atoms with E-state index in [0.717, 1.165) is 29.7 Å². The van der Waals surface area contributed by atoms with Crippen molar-refractivity contribution < 1.29 is 19.4 Å². The first-order valence-electron chi connectivity index (χ1n) is 9.16. The Morgan fingerprint density at radius 2 is 1.93 bits per heavy atom. The Hall–Kier alpha value is -3.02. The third kappa shape index (κ3) is 4.78. The van der Waals surface area contributed by atoms with E-state index in [1.165, 1.54) is 5.56 Å². The smallest absolute Gasteiger partial charge is 0.335 e. The van der Waals surface area contributed by atoms with Gasteiger partial charge in [-0.15, -0.1) is 0 Å². The molecular formula is C21H24N2O4. The third-order valence-electron chi connectivity index (χ3n) is 4.59. The third-order valence-corrected chi connectivity index (χ3v) is 4.59. The highest BCUT2D eigenvalue weighted by Gasteiger charge is 2.21. The number of rotatable bonds is 6. The number of nitrogens with one attached hydrogen (secondary N) is 1. The van der Waals surface area contributed by atoms with Gasteiger partial charge < -0.3 is 20.1 Å². The normalized spacial score (nSPS) is 13.0. The van der Waals surface area contributed by atoms with Gasteiger partial charge >= 0.3 is 12.0 Å². The highest BCUT2D eigenvalue weighted by molar-refractivity contribution is 5.87. The minimum atomic E-state index is -0.958. The van der Waals surface area contributed by atoms with Crippen LogP contribution in [0.1, 0.15) is 40.4 Å². The number of nitrogens with zero attached hydrogens (tertiary/aromatic N) is 1. The number of urea groups is 1. The zero-order valence-corrected chi connectivity index (χ0v) is 15.4. The number of aromatic carboxylic acids is 1. The predicted molar refractivity (Wildman–Crippen MR) is 102 cm³/mol. The average molecular weight is 368 g/mol. The summed E-state index contributed by atoms with van der Waals surface area (Å²) in [5.74, 6) is -0.0703. The highest BCUT2D eigenvalue weighted by Crippen LogP contribution is 2.24. The Labute approximate surface area is 158 Å². The molecule has 0 fully saturated rings. The second-order valence-corrected chi connectivity index (χ2v) is 6.61. The van der Waals surface area contributed by atoms with Crippen LogP contribution in [0.15, 0.2) is 42.5 Å². The van der Waals surface area contributed by atoms with E-state index < -0.39 is 5.97 Å². The Balaban J connectivity index is 1.55. The summed E-state index contributed by atoms with van der Waals surface area (Å²) in [5, 5.41) is 11.8. The van der Waals surface area contributed by atoms with E-state index >= 15 is 0 Å². The molecule has 0 spiro atoms. The number of benzene rings is 2. The molecule has 142 valence electrons. The molecule has 3 rings (SSSR count). The van der Waals surface area contributed by atoms with Crippen molar-refractivity contribution in [3.8, 4) is 5.75 Å². The van der Waals surface area contributed by atoms with E-state index in [1.807, 2.05) is 12.1 Å². The number of carbonyl (C=O) groups excluding carboxylic acids is 1. The first kappa shape index (κ1) is 18.8. The summed E-state index contributed by atoms with van der Waals surface area (Å²) in [6.07, 6.45) is 1.78. The first-order valence-corrected chi connectivity index (χ1v) is 9.16. The molecule has 0 aromatic heterocycles. The Morgan fingerprint density at radius 3 is 2.63 bits per heavy atom. The van der Waals surface area contributed by atoms with Crippen molar-refractivity contribution in [2.45, 2.75) is 32.9 Å². The molecule has 1 heterocycles. The van der Waals surface area contributed by atoms with Gasteiger partial charge in [0.2, 0.25) is 0 Å². The van der Waals surface area contributed by atoms with Gasteiger partial charge in [-0.3, -0.25) is 0 Å². The molecule has 0 unspecified atom stereocenters. The highest BCUT2D eigenvalue weighted by atomic mass is 16.5. The fraction of sp³-hybridized carbons (Fsp3) is 0.333. The molecule has 0 aliphatic carbocycles. The predicted octanol–water partition coefficient (Wildman–Crippen LogP) is 3.44. The van der Waals surface area contributed by atoms with Crippen molar-refractivity contribution in [1.29, 1.82) is 0 Å². The van der Waals surface area contributed by atoms with Crippen molar-refractivity contribution in [2.75, 3.05) is 13.2 Å². The van der Waals surface area contributed by atoms with Crippen LogP contribution < -0.4 is 10.1 Å². The van der Waals surface area contributed by atoms with Gasteiger partial charge in [0.1, 0.15) is 5.75 Å². The van der Waals surface area contributed by atoms with Crippen molar-refractivity contribution in [3.63, 3.8) is 0 Å². The lowest BCUT2D eigenvalue weighted by atomic mass is 10.00. The van der Waals surface area contributed by atoms with E-state index in [-0.39, 0.29) is 11.6 Å². The molecule has 27 heavy (non-hydrogen) atoms. The summed E-state index contributed by atoms with van der Waals surface area (Å²) >= 11 is 0. The standard InChI is InChI=1S/C21H24N2O4/c1-2-11-27-19-8-7-18-14-23(10-9-17(18)12-19)21(26)22-13-15-3-5-16(6-4-15)20(24)25/h3-8,12H,2,9-11,13-14H2,1H3,(H,22,26)(H,24,25). The minimum absolute atomic E-state index is 0.116. The van der Waals surface area contributed by atoms with E-state index in [1.54, 1.807) is 29.2 Å². The molecule has 0 bridgehead atoms. The van der Waals surface area contributed by atoms with Crippen molar-refractivity contribution in [2.24, 2.45) is 0 Å². The summed E-state index contributed by atoms with van der Waals surface area (Å²) < 4.78 is 5.68. The quantitative estimate of drug-likeness (QED) is 0.819. The number of fused-ring (bicyclic) bond motifs is 1. The van der Waals surface area contributed by atoms with Crippen LogP contribution in [0.3, 0.4) is 0 Å². The summed E-state index contributed by atoms with van der Waals surface area (Å²) in [5.41, 5.74) is 3.48. The van der Waals surface area contributed by atoms with Gasteiger partial charge in [0.05, 0.1) is 12.2 Å². The summed E-state index contributed by atoms with van der Waals surface area (Å²) in [7, 11) is 0. The van der Waals surface area contributed by atoms with Crippen molar-refractivity contribution in [3.05, 3.63) is 64.7 Å². The minimum Gasteiger partial charge on any atom is -0.494 e. The molecular weight excluding hydrogens is 344 g/mol. The van der Waals surface area contributed by atoms with E-state index in [4.69, 9.17) is 9.84 Å². The Morgan fingerprint density at radius 1 is 1.15 bits per heavy atom. The second-order valence-electron chi connectivity index (χ2n) is 6.61. The van der Waals surface area contributed by atoms with Crippen LogP contribution in [-0.4, -0.2) is 35.2 Å². The monoisotopic (exact) mass is 368 g/mol. The van der Waals surface area contributed by atoms with E-state index in [0.29, 0.717) is 26.2 Å². The number of hydrogen-bond acceptors (Lipinski definition) is 3. The van der Waals surface area contributed by atoms with Crippen LogP contribution in [0.25, 0.3) is 0 Å². The number of ether oxygens (including phenoxy) is 1. The van der Waals surface area contributed by atoms with Gasteiger partial charge in [0, 0.05) is 19.6 Å². The van der Waals surface area contributed by atoms with Crippen molar-refractivity contribution >= 4 is 12.0 Å². The molecule has 0 atom stereocenters. The number of carboxylic acid groups (broad SMARTS) is 1. The Bertz CT molecular complexity index is 817. The molecule has 1 aliphatic rings. The largest absolute Gasteiger partial charge is 0.494 e. The molecule has 6 heteroatoms. The second kappa shape index (κ2) is 8.58. The van der Waals surface area contributed by atoms with Gasteiger partial charge in [-0.25, -0.2) is 9.59 Å². The topological polar surface area (TPSA) is 78.9 Å². The lowest BCUT2D eigenvalue weighted by Gasteiger charge is -2.29. The zero-order chi connectivity index (χ0) is 19.2. The van der Waals surface area contributed by atoms with Crippen LogP contribution in [0, 0.1) is 0 Å². The number of carboxylic acids is 1. The number of hydrogen-bond donors (Lipinski definition) is 2. The Kier molecular flexibility index (Phi) is 5.96.